The number of ether oxygens (including phenoxy) is 1. The summed E-state index contributed by atoms with van der Waals surface area (Å²) in [5.74, 6) is 0.787. The van der Waals surface area contributed by atoms with Crippen LogP contribution < -0.4 is 15.9 Å². The van der Waals surface area contributed by atoms with E-state index in [0.29, 0.717) is 6.61 Å². The molecule has 1 heterocycles. The molecule has 0 amide bonds. The third kappa shape index (κ3) is 19.2. The monoisotopic (exact) mass is 963 g/mol. The standard InChI is InChI=1S/C25H26NOP.12FH.Pd.2Sb/c1-25(2,3)23-18-27-24(26-23)21-16-10-11-17-22(21)28(19-12-6-4-7-13-19)20-14-8-5-9-15-20;;;;;;;;;;;;;;;/h4-17,23H,18H2,1-3H3;12*1H;;;/q;;;;;;;;;;;;;+2;2*+5/p-12/t23-;;;;;;;;;;;;;;;/m1.............../s1. The normalized spacial score (nSPS) is 18.4. The molecule has 0 fully saturated rings. The summed E-state index contributed by atoms with van der Waals surface area (Å²) in [6, 6.07) is 30.3. The van der Waals surface area contributed by atoms with Gasteiger partial charge in [-0.15, -0.1) is 0 Å². The van der Waals surface area contributed by atoms with E-state index in [1.54, 1.807) is 0 Å². The summed E-state index contributed by atoms with van der Waals surface area (Å²) >= 11 is -22.5. The van der Waals surface area contributed by atoms with Crippen LogP contribution in [0.2, 0.25) is 0 Å². The Balaban J connectivity index is 0.000000516. The van der Waals surface area contributed by atoms with Gasteiger partial charge in [-0.25, -0.2) is 4.99 Å². The van der Waals surface area contributed by atoms with Crippen molar-refractivity contribution in [1.29, 1.82) is 0 Å². The molecule has 4 rings (SSSR count). The van der Waals surface area contributed by atoms with Crippen molar-refractivity contribution in [1.82, 2.24) is 0 Å². The van der Waals surface area contributed by atoms with E-state index in [2.05, 4.69) is 106 Å². The fraction of sp³-hybridized carbons (Fsp3) is 0.240. The molecule has 0 aromatic heterocycles. The van der Waals surface area contributed by atoms with Crippen molar-refractivity contribution >= 4 is 68.7 Å². The molecule has 0 aliphatic carbocycles. The zero-order chi connectivity index (χ0) is 32.4. The van der Waals surface area contributed by atoms with E-state index >= 15 is 0 Å². The predicted molar refractivity (Wildman–Crippen MR) is 146 cm³/mol. The molecular formula is C25H26F12NOPPdSb2. The Hall–Kier alpha value is -0.981. The van der Waals surface area contributed by atoms with Crippen LogP contribution in [0.25, 0.3) is 0 Å². The van der Waals surface area contributed by atoms with Crippen LogP contribution in [0.4, 0.5) is 33.8 Å². The Morgan fingerprint density at radius 1 is 0.628 bits per heavy atom. The van der Waals surface area contributed by atoms with Crippen LogP contribution in [-0.4, -0.2) is 57.5 Å². The Labute approximate surface area is 260 Å². The number of aliphatic imine (C=N–C) groups is 1. The summed E-state index contributed by atoms with van der Waals surface area (Å²) in [7, 11) is -0.686. The van der Waals surface area contributed by atoms with Crippen LogP contribution in [0.1, 0.15) is 26.3 Å². The van der Waals surface area contributed by atoms with Crippen LogP contribution >= 0.6 is 7.92 Å². The van der Waals surface area contributed by atoms with Gasteiger partial charge in [0.1, 0.15) is 6.61 Å². The Morgan fingerprint density at radius 2 is 0.977 bits per heavy atom. The number of nitrogens with zero attached hydrogens (tertiary/aromatic N) is 1. The minimum atomic E-state index is -11.2. The number of benzene rings is 3. The Morgan fingerprint density at radius 3 is 1.33 bits per heavy atom. The van der Waals surface area contributed by atoms with Crippen LogP contribution in [0, 0.1) is 5.41 Å². The molecule has 2 nitrogen and oxygen atoms in total. The first-order valence-corrected chi connectivity index (χ1v) is 24.7. The van der Waals surface area contributed by atoms with Gasteiger partial charge in [0.05, 0.1) is 6.04 Å². The third-order valence-electron chi connectivity index (χ3n) is 5.05. The van der Waals surface area contributed by atoms with Crippen LogP contribution in [0.5, 0.6) is 0 Å². The van der Waals surface area contributed by atoms with E-state index in [9.17, 15) is 33.8 Å². The maximum absolute atomic E-state index is 11.2. The second-order valence-corrected chi connectivity index (χ2v) is 23.2. The van der Waals surface area contributed by atoms with Crippen molar-refractivity contribution in [2.45, 2.75) is 26.8 Å². The summed E-state index contributed by atoms with van der Waals surface area (Å²) in [4.78, 5) is 4.96. The fourth-order valence-corrected chi connectivity index (χ4v) is 5.84. The minimum Gasteiger partial charge on any atom is 2.00 e. The Kier molecular flexibility index (Phi) is 11.5. The third-order valence-corrected chi connectivity index (χ3v) is 7.56. The molecule has 3 aromatic carbocycles. The van der Waals surface area contributed by atoms with E-state index in [4.69, 9.17) is 9.73 Å². The molecule has 0 saturated heterocycles. The molecule has 0 N–H and O–H groups in total. The molecule has 0 bridgehead atoms. The summed E-state index contributed by atoms with van der Waals surface area (Å²) in [6.07, 6.45) is 0. The van der Waals surface area contributed by atoms with E-state index in [1.807, 2.05) is 0 Å². The van der Waals surface area contributed by atoms with E-state index in [-0.39, 0.29) is 31.9 Å². The largest absolute Gasteiger partial charge is 2.00 e. The quantitative estimate of drug-likeness (QED) is 0.146. The van der Waals surface area contributed by atoms with Crippen LogP contribution in [-0.2, 0) is 25.2 Å². The number of halogens is 12. The molecule has 0 unspecified atom stereocenters. The smallest absolute Gasteiger partial charge is 2.00 e. The van der Waals surface area contributed by atoms with Gasteiger partial charge in [0, 0.05) is 5.56 Å². The summed E-state index contributed by atoms with van der Waals surface area (Å²) < 4.78 is 125. The topological polar surface area (TPSA) is 21.6 Å². The second kappa shape index (κ2) is 12.3. The maximum Gasteiger partial charge on any atom is 2.00 e. The number of hydrogen-bond acceptors (Lipinski definition) is 2. The molecule has 0 spiro atoms. The van der Waals surface area contributed by atoms with E-state index < -0.39 is 46.9 Å². The van der Waals surface area contributed by atoms with Crippen molar-refractivity contribution in [3.05, 3.63) is 90.5 Å². The molecule has 246 valence electrons. The van der Waals surface area contributed by atoms with Crippen LogP contribution in [0.15, 0.2) is 89.9 Å². The average Bonchev–Trinajstić information content (AvgIpc) is 3.28. The van der Waals surface area contributed by atoms with Crippen molar-refractivity contribution in [3.63, 3.8) is 0 Å². The molecule has 0 radical (unpaired) electrons. The fourth-order valence-electron chi connectivity index (χ4n) is 3.40. The van der Waals surface area contributed by atoms with Crippen molar-refractivity contribution < 1.29 is 58.9 Å². The molecule has 1 aliphatic heterocycles. The summed E-state index contributed by atoms with van der Waals surface area (Å²) in [6.45, 7) is 7.32. The van der Waals surface area contributed by atoms with Gasteiger partial charge in [0.25, 0.3) is 0 Å². The van der Waals surface area contributed by atoms with Gasteiger partial charge in [-0.1, -0.05) is 99.6 Å². The van der Waals surface area contributed by atoms with Crippen molar-refractivity contribution in [3.8, 4) is 0 Å². The number of rotatable bonds is 4. The molecule has 1 atom stereocenters. The maximum atomic E-state index is 9.93. The first-order chi connectivity index (χ1) is 18.4. The van der Waals surface area contributed by atoms with E-state index in [1.165, 1.54) is 15.9 Å². The molecule has 3 aromatic rings. The minimum absolute atomic E-state index is 0. The second-order valence-electron chi connectivity index (χ2n) is 10.1. The van der Waals surface area contributed by atoms with Gasteiger partial charge in [-0.05, 0) is 35.3 Å². The average molecular weight is 965 g/mol. The van der Waals surface area contributed by atoms with Gasteiger partial charge < -0.3 is 4.74 Å². The van der Waals surface area contributed by atoms with Gasteiger partial charge >= 0.3 is 93.1 Å². The van der Waals surface area contributed by atoms with Gasteiger partial charge in [-0.3, -0.25) is 0 Å². The molecular weight excluding hydrogens is 939 g/mol. The molecule has 18 heteroatoms. The van der Waals surface area contributed by atoms with Crippen molar-refractivity contribution in [2.75, 3.05) is 6.61 Å². The molecule has 43 heavy (non-hydrogen) atoms. The Bertz CT molecular complexity index is 1310. The number of hydrogen-bond donors (Lipinski definition) is 0. The van der Waals surface area contributed by atoms with E-state index in [0.717, 1.165) is 11.5 Å². The van der Waals surface area contributed by atoms with Gasteiger partial charge in [-0.2, -0.15) is 0 Å². The van der Waals surface area contributed by atoms with Crippen molar-refractivity contribution in [2.24, 2.45) is 10.4 Å². The summed E-state index contributed by atoms with van der Waals surface area (Å²) in [5, 5.41) is 3.97. The first-order valence-electron chi connectivity index (χ1n) is 11.8. The summed E-state index contributed by atoms with van der Waals surface area (Å²) in [5.41, 5.74) is 1.22. The van der Waals surface area contributed by atoms with Gasteiger partial charge in [0.15, 0.2) is 0 Å². The predicted octanol–water partition coefficient (Wildman–Crippen LogP) is 8.91. The zero-order valence-electron chi connectivity index (χ0n) is 22.4. The first kappa shape index (κ1) is 40.0. The zero-order valence-corrected chi connectivity index (χ0v) is 30.0. The van der Waals surface area contributed by atoms with Gasteiger partial charge in [0.2, 0.25) is 5.90 Å². The SMILES string of the molecule is CC(C)(C)[C@H]1COC(c2ccccc2P(c2ccccc2)c2ccccc2)=N1.[F][Sb-]([F])([F])([F])([F])[F].[F][Sb-]([F])([F])([F])([F])[F].[Pd+2]. The molecule has 1 aliphatic rings. The molecule has 0 saturated carbocycles. The van der Waals surface area contributed by atoms with Crippen LogP contribution in [0.3, 0.4) is 0 Å².